The molecule has 3 rings (SSSR count). The molecule has 0 radical (unpaired) electrons. The van der Waals surface area contributed by atoms with Gasteiger partial charge >= 0.3 is 0 Å². The minimum atomic E-state index is -0.0728. The van der Waals surface area contributed by atoms with E-state index in [-0.39, 0.29) is 5.91 Å². The molecule has 1 aliphatic rings. The highest BCUT2D eigenvalue weighted by atomic mass is 35.5. The number of hydrogen-bond donors (Lipinski definition) is 0. The second kappa shape index (κ2) is 5.83. The summed E-state index contributed by atoms with van der Waals surface area (Å²) in [5.41, 5.74) is 1.15. The molecule has 2 heterocycles. The summed E-state index contributed by atoms with van der Waals surface area (Å²) in [6.07, 6.45) is 1.65. The summed E-state index contributed by atoms with van der Waals surface area (Å²) in [6, 6.07) is 7.27. The van der Waals surface area contributed by atoms with E-state index in [9.17, 15) is 4.79 Å². The largest absolute Gasteiger partial charge is 0.335 e. The van der Waals surface area contributed by atoms with Crippen molar-refractivity contribution in [2.45, 2.75) is 0 Å². The third-order valence-corrected chi connectivity index (χ3v) is 3.81. The van der Waals surface area contributed by atoms with E-state index in [0.717, 1.165) is 31.9 Å². The molecule has 0 spiro atoms. The van der Waals surface area contributed by atoms with Crippen molar-refractivity contribution in [1.29, 1.82) is 0 Å². The van der Waals surface area contributed by atoms with Crippen molar-refractivity contribution in [3.63, 3.8) is 0 Å². The summed E-state index contributed by atoms with van der Waals surface area (Å²) in [6.45, 7) is 3.21. The molecule has 1 fully saturated rings. The molecule has 0 aliphatic carbocycles. The Morgan fingerprint density at radius 2 is 2.00 bits per heavy atom. The van der Waals surface area contributed by atoms with Crippen LogP contribution in [0.2, 0.25) is 5.02 Å². The van der Waals surface area contributed by atoms with Gasteiger partial charge in [0.1, 0.15) is 0 Å². The number of rotatable bonds is 2. The van der Waals surface area contributed by atoms with Gasteiger partial charge in [-0.05, 0) is 25.2 Å². The van der Waals surface area contributed by atoms with Crippen molar-refractivity contribution in [3.8, 4) is 5.69 Å². The van der Waals surface area contributed by atoms with Crippen molar-refractivity contribution in [3.05, 3.63) is 41.2 Å². The lowest BCUT2D eigenvalue weighted by molar-refractivity contribution is 0.0658. The van der Waals surface area contributed by atoms with Gasteiger partial charge in [-0.2, -0.15) is 0 Å². The predicted octanol–water partition coefficient (Wildman–Crippen LogP) is 1.31. The fourth-order valence-corrected chi connectivity index (χ4v) is 2.46. The van der Waals surface area contributed by atoms with E-state index in [2.05, 4.69) is 22.3 Å². The Kier molecular flexibility index (Phi) is 3.90. The number of hydrogen-bond acceptors (Lipinski definition) is 4. The van der Waals surface area contributed by atoms with Gasteiger partial charge in [0, 0.05) is 31.2 Å². The molecule has 1 aromatic carbocycles. The molecule has 110 valence electrons. The molecule has 1 amide bonds. The van der Waals surface area contributed by atoms with E-state index in [4.69, 9.17) is 11.6 Å². The van der Waals surface area contributed by atoms with Gasteiger partial charge in [0.05, 0.1) is 11.9 Å². The molecule has 0 saturated carbocycles. The topological polar surface area (TPSA) is 54.3 Å². The van der Waals surface area contributed by atoms with E-state index in [1.54, 1.807) is 23.0 Å². The van der Waals surface area contributed by atoms with Crippen LogP contribution in [0.25, 0.3) is 5.69 Å². The minimum Gasteiger partial charge on any atom is -0.335 e. The molecule has 0 atom stereocenters. The summed E-state index contributed by atoms with van der Waals surface area (Å²) in [7, 11) is 2.05. The Balaban J connectivity index is 1.77. The zero-order valence-electron chi connectivity index (χ0n) is 11.7. The molecule has 1 saturated heterocycles. The molecule has 0 unspecified atom stereocenters. The van der Waals surface area contributed by atoms with Gasteiger partial charge in [0.25, 0.3) is 5.91 Å². The van der Waals surface area contributed by atoms with E-state index in [1.165, 1.54) is 0 Å². The third kappa shape index (κ3) is 3.06. The molecule has 0 bridgehead atoms. The van der Waals surface area contributed by atoms with E-state index < -0.39 is 0 Å². The second-order valence-corrected chi connectivity index (χ2v) is 5.56. The van der Waals surface area contributed by atoms with Crippen LogP contribution in [-0.2, 0) is 0 Å². The average Bonchev–Trinajstić information content (AvgIpc) is 2.97. The number of carbonyl (C=O) groups excluding carboxylic acids is 1. The first-order valence-electron chi connectivity index (χ1n) is 6.79. The molecule has 0 N–H and O–H groups in total. The lowest BCUT2D eigenvalue weighted by Crippen LogP contribution is -2.47. The first-order chi connectivity index (χ1) is 10.1. The van der Waals surface area contributed by atoms with Gasteiger partial charge < -0.3 is 9.80 Å². The second-order valence-electron chi connectivity index (χ2n) is 5.12. The van der Waals surface area contributed by atoms with Crippen molar-refractivity contribution < 1.29 is 4.79 Å². The van der Waals surface area contributed by atoms with Crippen molar-refractivity contribution in [2.24, 2.45) is 0 Å². The maximum Gasteiger partial charge on any atom is 0.276 e. The van der Waals surface area contributed by atoms with Gasteiger partial charge in [0.2, 0.25) is 0 Å². The quantitative estimate of drug-likeness (QED) is 0.839. The molecular formula is C14H16ClN5O. The Morgan fingerprint density at radius 3 is 2.71 bits per heavy atom. The Bertz CT molecular complexity index is 648. The van der Waals surface area contributed by atoms with Gasteiger partial charge in [-0.1, -0.05) is 22.9 Å². The maximum atomic E-state index is 12.4. The summed E-state index contributed by atoms with van der Waals surface area (Å²) >= 11 is 5.96. The van der Waals surface area contributed by atoms with Crippen LogP contribution in [0, 0.1) is 0 Å². The first-order valence-corrected chi connectivity index (χ1v) is 7.17. The first kappa shape index (κ1) is 14.0. The third-order valence-electron chi connectivity index (χ3n) is 3.58. The van der Waals surface area contributed by atoms with Crippen LogP contribution in [0.5, 0.6) is 0 Å². The van der Waals surface area contributed by atoms with Crippen LogP contribution < -0.4 is 0 Å². The number of amides is 1. The summed E-state index contributed by atoms with van der Waals surface area (Å²) < 4.78 is 1.56. The van der Waals surface area contributed by atoms with Crippen LogP contribution >= 0.6 is 11.6 Å². The maximum absolute atomic E-state index is 12.4. The number of piperazine rings is 1. The monoisotopic (exact) mass is 305 g/mol. The highest BCUT2D eigenvalue weighted by Gasteiger charge is 2.22. The zero-order chi connectivity index (χ0) is 14.8. The number of carbonyl (C=O) groups is 1. The SMILES string of the molecule is CN1CCN(C(=O)c2cn(-c3cccc(Cl)c3)nn2)CC1. The van der Waals surface area contributed by atoms with Crippen LogP contribution in [-0.4, -0.2) is 63.9 Å². The summed E-state index contributed by atoms with van der Waals surface area (Å²) in [5, 5.41) is 8.61. The van der Waals surface area contributed by atoms with Crippen molar-refractivity contribution >= 4 is 17.5 Å². The van der Waals surface area contributed by atoms with Gasteiger partial charge in [-0.3, -0.25) is 4.79 Å². The smallest absolute Gasteiger partial charge is 0.276 e. The van der Waals surface area contributed by atoms with Crippen LogP contribution in [0.15, 0.2) is 30.5 Å². The van der Waals surface area contributed by atoms with E-state index >= 15 is 0 Å². The molecule has 1 aliphatic heterocycles. The number of likely N-dealkylation sites (N-methyl/N-ethyl adjacent to an activating group) is 1. The number of aromatic nitrogens is 3. The normalized spacial score (nSPS) is 16.2. The minimum absolute atomic E-state index is 0.0728. The Labute approximate surface area is 127 Å². The van der Waals surface area contributed by atoms with Crippen LogP contribution in [0.1, 0.15) is 10.5 Å². The molecule has 2 aromatic rings. The lowest BCUT2D eigenvalue weighted by atomic mass is 10.3. The highest BCUT2D eigenvalue weighted by molar-refractivity contribution is 6.30. The zero-order valence-corrected chi connectivity index (χ0v) is 12.5. The van der Waals surface area contributed by atoms with Gasteiger partial charge in [-0.15, -0.1) is 5.10 Å². The molecule has 21 heavy (non-hydrogen) atoms. The summed E-state index contributed by atoms with van der Waals surface area (Å²) in [4.78, 5) is 16.4. The number of benzene rings is 1. The van der Waals surface area contributed by atoms with E-state index in [0.29, 0.717) is 10.7 Å². The van der Waals surface area contributed by atoms with Crippen LogP contribution in [0.4, 0.5) is 0 Å². The van der Waals surface area contributed by atoms with E-state index in [1.807, 2.05) is 17.0 Å². The van der Waals surface area contributed by atoms with Crippen molar-refractivity contribution in [1.82, 2.24) is 24.8 Å². The molecule has 6 nitrogen and oxygen atoms in total. The van der Waals surface area contributed by atoms with Gasteiger partial charge in [-0.25, -0.2) is 4.68 Å². The predicted molar refractivity (Wildman–Crippen MR) is 79.8 cm³/mol. The number of halogens is 1. The fraction of sp³-hybridized carbons (Fsp3) is 0.357. The highest BCUT2D eigenvalue weighted by Crippen LogP contribution is 2.14. The Morgan fingerprint density at radius 1 is 1.24 bits per heavy atom. The molecular weight excluding hydrogens is 290 g/mol. The standard InChI is InChI=1S/C14H16ClN5O/c1-18-5-7-19(8-6-18)14(21)13-10-20(17-16-13)12-4-2-3-11(15)9-12/h2-4,9-10H,5-8H2,1H3. The lowest BCUT2D eigenvalue weighted by Gasteiger charge is -2.31. The fourth-order valence-electron chi connectivity index (χ4n) is 2.28. The average molecular weight is 306 g/mol. The number of nitrogens with zero attached hydrogens (tertiary/aromatic N) is 5. The Hall–Kier alpha value is -1.92. The van der Waals surface area contributed by atoms with Gasteiger partial charge in [0.15, 0.2) is 5.69 Å². The molecule has 1 aromatic heterocycles. The van der Waals surface area contributed by atoms with Crippen molar-refractivity contribution in [2.75, 3.05) is 33.2 Å². The summed E-state index contributed by atoms with van der Waals surface area (Å²) in [5.74, 6) is -0.0728. The molecule has 7 heteroatoms. The van der Waals surface area contributed by atoms with Crippen LogP contribution in [0.3, 0.4) is 0 Å².